The molecule has 1 saturated heterocycles. The molecule has 1 amide bonds. The van der Waals surface area contributed by atoms with E-state index in [1.54, 1.807) is 0 Å². The van der Waals surface area contributed by atoms with Crippen LogP contribution in [0.5, 0.6) is 5.75 Å². The summed E-state index contributed by atoms with van der Waals surface area (Å²) < 4.78 is 38.8. The van der Waals surface area contributed by atoms with Gasteiger partial charge >= 0.3 is 0 Å². The van der Waals surface area contributed by atoms with E-state index in [0.29, 0.717) is 31.9 Å². The Hall–Kier alpha value is -2.93. The number of rotatable bonds is 10. The minimum atomic E-state index is -4.41. The van der Waals surface area contributed by atoms with Crippen molar-refractivity contribution in [2.75, 3.05) is 57.4 Å². The highest BCUT2D eigenvalue weighted by atomic mass is 35.5. The molecule has 1 aliphatic rings. The van der Waals surface area contributed by atoms with E-state index >= 15 is 0 Å². The number of halogens is 1. The van der Waals surface area contributed by atoms with Gasteiger partial charge in [-0.3, -0.25) is 24.1 Å². The number of amides is 1. The quantitative estimate of drug-likeness (QED) is 0.368. The molecule has 1 fully saturated rings. The van der Waals surface area contributed by atoms with Crippen LogP contribution < -0.4 is 14.4 Å². The predicted molar refractivity (Wildman–Crippen MR) is 131 cm³/mol. The summed E-state index contributed by atoms with van der Waals surface area (Å²) in [6.07, 6.45) is 0. The lowest BCUT2D eigenvalue weighted by molar-refractivity contribution is -0.385. The van der Waals surface area contributed by atoms with Gasteiger partial charge in [-0.1, -0.05) is 17.7 Å². The monoisotopic (exact) mass is 526 g/mol. The van der Waals surface area contributed by atoms with E-state index in [-0.39, 0.29) is 27.0 Å². The highest BCUT2D eigenvalue weighted by Gasteiger charge is 2.31. The summed E-state index contributed by atoms with van der Waals surface area (Å²) in [5.41, 5.74) is -0.00713. The van der Waals surface area contributed by atoms with E-state index < -0.39 is 27.4 Å². The fraction of sp³-hybridized carbons (Fsp3) is 0.409. The number of nitrogens with one attached hydrogen (secondary N) is 1. The summed E-state index contributed by atoms with van der Waals surface area (Å²) in [5.74, 6) is -0.383. The lowest BCUT2D eigenvalue weighted by atomic mass is 10.2. The summed E-state index contributed by atoms with van der Waals surface area (Å²) in [5, 5.41) is 14.4. The van der Waals surface area contributed by atoms with Gasteiger partial charge in [-0.05, 0) is 31.2 Å². The second-order valence-electron chi connectivity index (χ2n) is 7.84. The van der Waals surface area contributed by atoms with E-state index in [9.17, 15) is 23.3 Å². The Labute approximate surface area is 208 Å². The summed E-state index contributed by atoms with van der Waals surface area (Å²) in [6.45, 7) is 4.58. The van der Waals surface area contributed by atoms with Crippen molar-refractivity contribution in [3.63, 3.8) is 0 Å². The van der Waals surface area contributed by atoms with E-state index in [1.807, 2.05) is 0 Å². The third kappa shape index (κ3) is 6.60. The molecule has 0 spiro atoms. The lowest BCUT2D eigenvalue weighted by Crippen LogP contribution is -2.45. The van der Waals surface area contributed by atoms with Gasteiger partial charge in [-0.15, -0.1) is 0 Å². The van der Waals surface area contributed by atoms with Crippen LogP contribution in [0.1, 0.15) is 5.56 Å². The van der Waals surface area contributed by atoms with Gasteiger partial charge in [0.1, 0.15) is 12.3 Å². The summed E-state index contributed by atoms with van der Waals surface area (Å²) in [6, 6.07) is 7.95. The van der Waals surface area contributed by atoms with E-state index in [4.69, 9.17) is 21.1 Å². The van der Waals surface area contributed by atoms with Crippen LogP contribution in [0.2, 0.25) is 5.02 Å². The van der Waals surface area contributed by atoms with Crippen LogP contribution in [0.25, 0.3) is 0 Å². The second kappa shape index (κ2) is 11.7. The Morgan fingerprint density at radius 2 is 1.97 bits per heavy atom. The number of morpholine rings is 1. The number of carbonyl (C=O) groups excluding carboxylic acids is 1. The maximum absolute atomic E-state index is 13.7. The van der Waals surface area contributed by atoms with Gasteiger partial charge in [0.05, 0.1) is 35.8 Å². The third-order valence-electron chi connectivity index (χ3n) is 5.52. The van der Waals surface area contributed by atoms with Crippen molar-refractivity contribution in [1.82, 2.24) is 10.2 Å². The first-order chi connectivity index (χ1) is 16.6. The maximum Gasteiger partial charge on any atom is 0.273 e. The van der Waals surface area contributed by atoms with E-state index in [2.05, 4.69) is 10.2 Å². The molecular weight excluding hydrogens is 500 g/mol. The van der Waals surface area contributed by atoms with Gasteiger partial charge in [0, 0.05) is 42.8 Å². The Morgan fingerprint density at radius 1 is 1.26 bits per heavy atom. The van der Waals surface area contributed by atoms with Gasteiger partial charge in [-0.2, -0.15) is 0 Å². The number of nitro benzene ring substituents is 1. The maximum atomic E-state index is 13.7. The van der Waals surface area contributed by atoms with Crippen molar-refractivity contribution in [3.05, 3.63) is 57.1 Å². The van der Waals surface area contributed by atoms with Gasteiger partial charge in [-0.25, -0.2) is 8.42 Å². The Balaban J connectivity index is 1.91. The van der Waals surface area contributed by atoms with Gasteiger partial charge in [0.25, 0.3) is 15.7 Å². The van der Waals surface area contributed by atoms with Gasteiger partial charge in [0.2, 0.25) is 5.91 Å². The first-order valence-electron chi connectivity index (χ1n) is 10.8. The average molecular weight is 527 g/mol. The molecule has 1 aliphatic heterocycles. The molecule has 13 heteroatoms. The Bertz CT molecular complexity index is 1190. The van der Waals surface area contributed by atoms with Crippen molar-refractivity contribution in [3.8, 4) is 5.75 Å². The number of hydrogen-bond acceptors (Lipinski definition) is 8. The molecule has 0 bridgehead atoms. The highest BCUT2D eigenvalue weighted by Crippen LogP contribution is 2.35. The third-order valence-corrected chi connectivity index (χ3v) is 7.51. The van der Waals surface area contributed by atoms with Crippen molar-refractivity contribution in [2.45, 2.75) is 11.8 Å². The fourth-order valence-electron chi connectivity index (χ4n) is 3.60. The van der Waals surface area contributed by atoms with Crippen molar-refractivity contribution in [1.29, 1.82) is 0 Å². The number of nitro groups is 1. The van der Waals surface area contributed by atoms with Gasteiger partial charge < -0.3 is 14.8 Å². The molecule has 0 unspecified atom stereocenters. The molecule has 35 heavy (non-hydrogen) atoms. The molecular formula is C22H27ClN4O7S. The Kier molecular flexibility index (Phi) is 8.89. The largest absolute Gasteiger partial charge is 0.495 e. The molecule has 2 aromatic carbocycles. The van der Waals surface area contributed by atoms with Crippen LogP contribution in [-0.2, 0) is 19.6 Å². The highest BCUT2D eigenvalue weighted by molar-refractivity contribution is 7.92. The molecule has 1 heterocycles. The number of carbonyl (C=O) groups is 1. The molecule has 0 radical (unpaired) electrons. The minimum Gasteiger partial charge on any atom is -0.495 e. The predicted octanol–water partition coefficient (Wildman–Crippen LogP) is 2.21. The molecule has 0 atom stereocenters. The van der Waals surface area contributed by atoms with E-state index in [0.717, 1.165) is 23.5 Å². The first-order valence-corrected chi connectivity index (χ1v) is 12.6. The van der Waals surface area contributed by atoms with Crippen LogP contribution in [0.15, 0.2) is 41.3 Å². The van der Waals surface area contributed by atoms with Crippen LogP contribution in [0.4, 0.5) is 11.4 Å². The molecule has 3 rings (SSSR count). The van der Waals surface area contributed by atoms with Crippen molar-refractivity contribution >= 4 is 38.9 Å². The smallest absolute Gasteiger partial charge is 0.273 e. The Morgan fingerprint density at radius 3 is 2.63 bits per heavy atom. The summed E-state index contributed by atoms with van der Waals surface area (Å²) in [4.78, 5) is 25.4. The van der Waals surface area contributed by atoms with Gasteiger partial charge in [0.15, 0.2) is 0 Å². The molecule has 190 valence electrons. The minimum absolute atomic E-state index is 0.0338. The molecule has 0 aliphatic carbocycles. The number of sulfonamides is 1. The number of nitrogens with zero attached hydrogens (tertiary/aromatic N) is 3. The van der Waals surface area contributed by atoms with Crippen LogP contribution in [0, 0.1) is 17.0 Å². The number of aryl methyl sites for hydroxylation is 1. The summed E-state index contributed by atoms with van der Waals surface area (Å²) in [7, 11) is -3.06. The number of hydrogen-bond donors (Lipinski definition) is 1. The van der Waals surface area contributed by atoms with Crippen molar-refractivity contribution < 1.29 is 27.6 Å². The number of ether oxygens (including phenoxy) is 2. The fourth-order valence-corrected chi connectivity index (χ4v) is 5.21. The van der Waals surface area contributed by atoms with Crippen molar-refractivity contribution in [2.24, 2.45) is 0 Å². The molecule has 0 saturated carbocycles. The zero-order valence-electron chi connectivity index (χ0n) is 19.4. The number of methoxy groups -OCH3 is 1. The van der Waals surface area contributed by atoms with E-state index in [1.165, 1.54) is 44.4 Å². The molecule has 1 N–H and O–H groups in total. The second-order valence-corrected chi connectivity index (χ2v) is 10.1. The lowest BCUT2D eigenvalue weighted by Gasteiger charge is -2.27. The topological polar surface area (TPSA) is 131 Å². The SMILES string of the molecule is COc1ccc(Cl)cc1N(CC(=O)NCCN1CCOCC1)S(=O)(=O)c1ccc(C)c([N+](=O)[O-])c1. The standard InChI is InChI=1S/C22H27ClN4O7S/c1-16-3-5-18(14-19(16)27(29)30)35(31,32)26(20-13-17(23)4-6-21(20)33-2)15-22(28)24-7-8-25-9-11-34-12-10-25/h3-6,13-14H,7-12,15H2,1-2H3,(H,24,28). The van der Waals surface area contributed by atoms with Crippen LogP contribution in [0.3, 0.4) is 0 Å². The molecule has 0 aromatic heterocycles. The summed E-state index contributed by atoms with van der Waals surface area (Å²) >= 11 is 6.13. The zero-order chi connectivity index (χ0) is 25.6. The number of benzene rings is 2. The molecule has 11 nitrogen and oxygen atoms in total. The normalized spacial score (nSPS) is 14.4. The number of anilines is 1. The first kappa shape index (κ1) is 26.7. The zero-order valence-corrected chi connectivity index (χ0v) is 21.0. The van der Waals surface area contributed by atoms with Crippen LogP contribution in [-0.4, -0.2) is 77.2 Å². The molecule has 2 aromatic rings. The van der Waals surface area contributed by atoms with Crippen LogP contribution >= 0.6 is 11.6 Å². The average Bonchev–Trinajstić information content (AvgIpc) is 2.83.